The van der Waals surface area contributed by atoms with Gasteiger partial charge in [-0.25, -0.2) is 14.6 Å². The summed E-state index contributed by atoms with van der Waals surface area (Å²) in [5, 5.41) is 21.5. The number of benzene rings is 1. The van der Waals surface area contributed by atoms with Crippen LogP contribution < -0.4 is 4.74 Å². The van der Waals surface area contributed by atoms with Crippen LogP contribution in [-0.2, 0) is 14.3 Å². The maximum Gasteiger partial charge on any atom is 0.513 e. The molecule has 10 nitrogen and oxygen atoms in total. The van der Waals surface area contributed by atoms with E-state index in [1.54, 1.807) is 12.4 Å². The van der Waals surface area contributed by atoms with Crippen molar-refractivity contribution >= 4 is 51.5 Å². The number of hydrogen-bond donors (Lipinski definition) is 2. The van der Waals surface area contributed by atoms with Crippen LogP contribution in [0.3, 0.4) is 0 Å². The number of thiazole rings is 1. The molecule has 0 spiro atoms. The second-order valence-electron chi connectivity index (χ2n) is 10.1. The van der Waals surface area contributed by atoms with Crippen LogP contribution in [0.25, 0.3) is 10.4 Å². The highest BCUT2D eigenvalue weighted by Crippen LogP contribution is 2.60. The predicted octanol–water partition coefficient (Wildman–Crippen LogP) is 4.36. The SMILES string of the molecule is CSc1ncn2cc(C3=C(C(=O)O)N4C(=O)[C@H]([C@@H](C)O)[C@@H]4C3(C)CCOC(=O)Oc3ccc(C)cc3C)sc12. The first kappa shape index (κ1) is 27.2. The quantitative estimate of drug-likeness (QED) is 0.175. The lowest BCUT2D eigenvalue weighted by Crippen LogP contribution is -2.66. The van der Waals surface area contributed by atoms with Gasteiger partial charge < -0.3 is 24.6 Å². The van der Waals surface area contributed by atoms with Crippen molar-refractivity contribution in [3.05, 3.63) is 52.4 Å². The number of carboxylic acid groups (broad SMARTS) is 1. The molecule has 2 aromatic heterocycles. The van der Waals surface area contributed by atoms with Crippen LogP contribution in [0.1, 0.15) is 36.3 Å². The van der Waals surface area contributed by atoms with E-state index in [1.807, 2.05) is 49.8 Å². The number of carbonyl (C=O) groups excluding carboxylic acids is 2. The number of aryl methyl sites for hydroxylation is 2. The van der Waals surface area contributed by atoms with Gasteiger partial charge in [0.2, 0.25) is 5.91 Å². The van der Waals surface area contributed by atoms with Gasteiger partial charge in [-0.1, -0.05) is 24.6 Å². The van der Waals surface area contributed by atoms with Gasteiger partial charge in [-0.3, -0.25) is 9.20 Å². The van der Waals surface area contributed by atoms with E-state index in [4.69, 9.17) is 9.47 Å². The average Bonchev–Trinajstić information content (AvgIpc) is 3.49. The molecule has 0 radical (unpaired) electrons. The van der Waals surface area contributed by atoms with E-state index in [-0.39, 0.29) is 18.7 Å². The zero-order valence-electron chi connectivity index (χ0n) is 22.1. The zero-order valence-corrected chi connectivity index (χ0v) is 23.8. The first-order valence-corrected chi connectivity index (χ1v) is 14.4. The third kappa shape index (κ3) is 4.40. The Labute approximate surface area is 233 Å². The number of fused-ring (bicyclic) bond motifs is 2. The Hall–Kier alpha value is -3.35. The highest BCUT2D eigenvalue weighted by Gasteiger charge is 2.66. The monoisotopic (exact) mass is 571 g/mol. The van der Waals surface area contributed by atoms with Crippen LogP contribution in [0.4, 0.5) is 4.79 Å². The molecule has 1 aromatic carbocycles. The molecule has 0 aliphatic carbocycles. The van der Waals surface area contributed by atoms with E-state index in [1.165, 1.54) is 34.9 Å². The number of thioether (sulfide) groups is 1. The van der Waals surface area contributed by atoms with Crippen LogP contribution in [0, 0.1) is 25.2 Å². The van der Waals surface area contributed by atoms with Crippen molar-refractivity contribution in [3.63, 3.8) is 0 Å². The Morgan fingerprint density at radius 2 is 2.05 bits per heavy atom. The first-order valence-electron chi connectivity index (χ1n) is 12.4. The summed E-state index contributed by atoms with van der Waals surface area (Å²) < 4.78 is 12.6. The fourth-order valence-electron chi connectivity index (χ4n) is 5.74. The smallest absolute Gasteiger partial charge is 0.477 e. The number of aliphatic carboxylic acids is 1. The Morgan fingerprint density at radius 3 is 2.69 bits per heavy atom. The van der Waals surface area contributed by atoms with Crippen LogP contribution in [0.15, 0.2) is 41.4 Å². The fraction of sp³-hybridized carbons (Fsp3) is 0.407. The van der Waals surface area contributed by atoms with Crippen molar-refractivity contribution in [2.75, 3.05) is 12.9 Å². The molecule has 1 amide bonds. The molecule has 0 saturated carbocycles. The van der Waals surface area contributed by atoms with Crippen LogP contribution in [-0.4, -0.2) is 67.5 Å². The molecular weight excluding hydrogens is 542 g/mol. The highest BCUT2D eigenvalue weighted by atomic mass is 32.2. The average molecular weight is 572 g/mol. The molecule has 4 heterocycles. The van der Waals surface area contributed by atoms with E-state index < -0.39 is 41.5 Å². The number of aliphatic hydroxyl groups is 1. The summed E-state index contributed by atoms with van der Waals surface area (Å²) in [6, 6.07) is 4.82. The number of hydrogen-bond acceptors (Lipinski definition) is 9. The second kappa shape index (κ2) is 10.00. The largest absolute Gasteiger partial charge is 0.513 e. The van der Waals surface area contributed by atoms with Crippen molar-refractivity contribution in [1.29, 1.82) is 0 Å². The van der Waals surface area contributed by atoms with E-state index >= 15 is 0 Å². The lowest BCUT2D eigenvalue weighted by Gasteiger charge is -2.50. The molecule has 12 heteroatoms. The minimum atomic E-state index is -1.23. The van der Waals surface area contributed by atoms with Crippen LogP contribution in [0.5, 0.6) is 5.75 Å². The summed E-state index contributed by atoms with van der Waals surface area (Å²) in [5.41, 5.74) is 1.27. The van der Waals surface area contributed by atoms with Gasteiger partial charge in [0.05, 0.1) is 29.5 Å². The number of rotatable bonds is 8. The van der Waals surface area contributed by atoms with Gasteiger partial charge in [0.1, 0.15) is 27.6 Å². The summed E-state index contributed by atoms with van der Waals surface area (Å²) in [5.74, 6) is -2.05. The summed E-state index contributed by atoms with van der Waals surface area (Å²) in [6.07, 6.45) is 3.75. The number of β-lactam (4-membered cyclic amide) rings is 1. The van der Waals surface area contributed by atoms with E-state index in [9.17, 15) is 24.6 Å². The zero-order chi connectivity index (χ0) is 28.2. The Morgan fingerprint density at radius 1 is 1.31 bits per heavy atom. The summed E-state index contributed by atoms with van der Waals surface area (Å²) in [7, 11) is 0. The van der Waals surface area contributed by atoms with Gasteiger partial charge in [-0.15, -0.1) is 23.1 Å². The Bertz CT molecular complexity index is 1520. The van der Waals surface area contributed by atoms with Crippen LogP contribution in [0.2, 0.25) is 0 Å². The normalized spacial score (nSPS) is 23.1. The number of ether oxygens (including phenoxy) is 2. The topological polar surface area (TPSA) is 131 Å². The minimum Gasteiger partial charge on any atom is -0.477 e. The highest BCUT2D eigenvalue weighted by molar-refractivity contribution is 7.98. The minimum absolute atomic E-state index is 0.0798. The number of aromatic nitrogens is 2. The Balaban J connectivity index is 1.47. The molecular formula is C27H29N3O7S2. The Kier molecular flexibility index (Phi) is 6.98. The number of imidazole rings is 1. The van der Waals surface area contributed by atoms with Crippen molar-refractivity contribution in [1.82, 2.24) is 14.3 Å². The van der Waals surface area contributed by atoms with E-state index in [0.29, 0.717) is 16.2 Å². The van der Waals surface area contributed by atoms with Gasteiger partial charge >= 0.3 is 12.1 Å². The van der Waals surface area contributed by atoms with E-state index in [2.05, 4.69) is 4.98 Å². The van der Waals surface area contributed by atoms with Gasteiger partial charge in [0, 0.05) is 17.2 Å². The molecule has 1 unspecified atom stereocenters. The number of carboxylic acids is 1. The van der Waals surface area contributed by atoms with E-state index in [0.717, 1.165) is 21.0 Å². The molecule has 3 aromatic rings. The standard InChI is InChI=1S/C27H29N3O7S2/c1-13-6-7-16(14(2)10-13)37-26(35)36-9-8-27(4)19(17-11-29-12-28-22(38-5)24(29)39-17)20(25(33)34)30-21(27)18(15(3)31)23(30)32/h6-7,10-12,15,18,21,31H,8-9H2,1-5H3,(H,33,34)/t15-,18-,21-,27?/m1/s1. The molecule has 39 heavy (non-hydrogen) atoms. The molecule has 2 aliphatic rings. The maximum atomic E-state index is 13.1. The lowest BCUT2D eigenvalue weighted by atomic mass is 9.66. The summed E-state index contributed by atoms with van der Waals surface area (Å²) in [6.45, 7) is 7.08. The summed E-state index contributed by atoms with van der Waals surface area (Å²) in [4.78, 5) is 45.4. The predicted molar refractivity (Wildman–Crippen MR) is 146 cm³/mol. The van der Waals surface area contributed by atoms with Crippen LogP contribution >= 0.6 is 23.1 Å². The number of nitrogens with zero attached hydrogens (tertiary/aromatic N) is 3. The number of aliphatic hydroxyl groups excluding tert-OH is 1. The molecule has 4 atom stereocenters. The van der Waals surface area contributed by atoms with Crippen molar-refractivity contribution in [2.24, 2.45) is 11.3 Å². The molecule has 2 N–H and O–H groups in total. The summed E-state index contributed by atoms with van der Waals surface area (Å²) >= 11 is 2.87. The van der Waals surface area contributed by atoms with Crippen molar-refractivity contribution in [3.8, 4) is 5.75 Å². The molecule has 5 rings (SSSR count). The second-order valence-corrected chi connectivity index (χ2v) is 12.0. The van der Waals surface area contributed by atoms with Gasteiger partial charge in [-0.2, -0.15) is 0 Å². The van der Waals surface area contributed by atoms with Gasteiger partial charge in [0.15, 0.2) is 0 Å². The molecule has 0 bridgehead atoms. The molecule has 2 aliphatic heterocycles. The van der Waals surface area contributed by atoms with Gasteiger partial charge in [0.25, 0.3) is 0 Å². The maximum absolute atomic E-state index is 13.1. The van der Waals surface area contributed by atoms with Crippen molar-refractivity contribution < 1.29 is 34.1 Å². The fourth-order valence-corrected chi connectivity index (χ4v) is 7.70. The van der Waals surface area contributed by atoms with Gasteiger partial charge in [-0.05, 0) is 45.1 Å². The first-order chi connectivity index (χ1) is 18.5. The third-order valence-corrected chi connectivity index (χ3v) is 9.49. The number of amides is 1. The lowest BCUT2D eigenvalue weighted by molar-refractivity contribution is -0.167. The molecule has 1 saturated heterocycles. The third-order valence-electron chi connectivity index (χ3n) is 7.55. The number of carbonyl (C=O) groups is 3. The molecule has 206 valence electrons. The molecule has 1 fully saturated rings. The van der Waals surface area contributed by atoms with Crippen molar-refractivity contribution in [2.45, 2.75) is 51.3 Å².